The van der Waals surface area contributed by atoms with Crippen molar-refractivity contribution in [2.24, 2.45) is 5.92 Å². The second-order valence-electron chi connectivity index (χ2n) is 4.85. The van der Waals surface area contributed by atoms with Gasteiger partial charge in [0.15, 0.2) is 0 Å². The second-order valence-corrected chi connectivity index (χ2v) is 7.78. The highest BCUT2D eigenvalue weighted by molar-refractivity contribution is 7.89. The van der Waals surface area contributed by atoms with Crippen molar-refractivity contribution in [1.82, 2.24) is 4.31 Å². The molecule has 0 radical (unpaired) electrons. The van der Waals surface area contributed by atoms with Gasteiger partial charge in [-0.25, -0.2) is 8.42 Å². The molecule has 0 amide bonds. The lowest BCUT2D eigenvalue weighted by molar-refractivity contribution is 0.285. The van der Waals surface area contributed by atoms with Crippen LogP contribution in [0.1, 0.15) is 31.1 Å². The quantitative estimate of drug-likeness (QED) is 0.926. The number of hydrogen-bond acceptors (Lipinski definition) is 4. The molecular weight excluding hydrogens is 270 g/mol. The van der Waals surface area contributed by atoms with Gasteiger partial charge in [-0.3, -0.25) is 0 Å². The molecule has 1 aliphatic heterocycles. The minimum atomic E-state index is -3.37. The molecule has 0 bridgehead atoms. The predicted molar refractivity (Wildman–Crippen MR) is 72.0 cm³/mol. The Morgan fingerprint density at radius 3 is 2.89 bits per heavy atom. The number of aliphatic hydroxyl groups excluding tert-OH is 1. The molecular formula is C12H19NO3S2. The number of sulfonamides is 1. The Labute approximate surface area is 112 Å². The number of rotatable bonds is 3. The molecule has 102 valence electrons. The van der Waals surface area contributed by atoms with Gasteiger partial charge in [0.1, 0.15) is 0 Å². The van der Waals surface area contributed by atoms with Gasteiger partial charge in [0.25, 0.3) is 0 Å². The fourth-order valence-electron chi connectivity index (χ4n) is 2.20. The van der Waals surface area contributed by atoms with E-state index >= 15 is 0 Å². The SMILES string of the molecule is CC1CCCN(S(=O)(=O)c2csc(CO)c2)CC1. The van der Waals surface area contributed by atoms with Gasteiger partial charge in [-0.15, -0.1) is 11.3 Å². The number of nitrogens with zero attached hydrogens (tertiary/aromatic N) is 1. The van der Waals surface area contributed by atoms with E-state index in [4.69, 9.17) is 5.11 Å². The summed E-state index contributed by atoms with van der Waals surface area (Å²) in [4.78, 5) is 1.02. The van der Waals surface area contributed by atoms with Gasteiger partial charge in [0.05, 0.1) is 11.5 Å². The first kappa shape index (κ1) is 14.0. The predicted octanol–water partition coefficient (Wildman–Crippen LogP) is 2.05. The molecule has 0 aromatic carbocycles. The lowest BCUT2D eigenvalue weighted by Gasteiger charge is -2.19. The van der Waals surface area contributed by atoms with Crippen molar-refractivity contribution in [3.05, 3.63) is 16.3 Å². The first-order chi connectivity index (χ1) is 8.54. The van der Waals surface area contributed by atoms with Crippen molar-refractivity contribution in [3.8, 4) is 0 Å². The summed E-state index contributed by atoms with van der Waals surface area (Å²) in [6, 6.07) is 1.58. The first-order valence-electron chi connectivity index (χ1n) is 6.22. The lowest BCUT2D eigenvalue weighted by Crippen LogP contribution is -2.31. The van der Waals surface area contributed by atoms with Crippen LogP contribution in [-0.2, 0) is 16.6 Å². The highest BCUT2D eigenvalue weighted by atomic mass is 32.2. The normalized spacial score (nSPS) is 22.9. The fourth-order valence-corrected chi connectivity index (χ4v) is 4.82. The highest BCUT2D eigenvalue weighted by Crippen LogP contribution is 2.26. The summed E-state index contributed by atoms with van der Waals surface area (Å²) in [6.07, 6.45) is 2.95. The number of thiophene rings is 1. The molecule has 0 spiro atoms. The third-order valence-corrected chi connectivity index (χ3v) is 6.35. The lowest BCUT2D eigenvalue weighted by atomic mass is 10.0. The Kier molecular flexibility index (Phi) is 4.42. The maximum Gasteiger partial charge on any atom is 0.243 e. The summed E-state index contributed by atoms with van der Waals surface area (Å²) in [5.41, 5.74) is 0. The molecule has 1 fully saturated rings. The molecule has 0 saturated carbocycles. The van der Waals surface area contributed by atoms with Crippen LogP contribution >= 0.6 is 11.3 Å². The Balaban J connectivity index is 2.19. The Bertz CT molecular complexity index is 495. The fraction of sp³-hybridized carbons (Fsp3) is 0.667. The van der Waals surface area contributed by atoms with Crippen molar-refractivity contribution in [2.45, 2.75) is 37.7 Å². The monoisotopic (exact) mass is 289 g/mol. The zero-order chi connectivity index (χ0) is 13.2. The molecule has 6 heteroatoms. The molecule has 1 atom stereocenters. The summed E-state index contributed by atoms with van der Waals surface area (Å²) in [6.45, 7) is 3.28. The van der Waals surface area contributed by atoms with Crippen LogP contribution in [0.25, 0.3) is 0 Å². The molecule has 4 nitrogen and oxygen atoms in total. The zero-order valence-corrected chi connectivity index (χ0v) is 12.1. The van der Waals surface area contributed by atoms with E-state index in [0.717, 1.165) is 19.3 Å². The van der Waals surface area contributed by atoms with E-state index < -0.39 is 10.0 Å². The third kappa shape index (κ3) is 2.93. The summed E-state index contributed by atoms with van der Waals surface area (Å²) in [5.74, 6) is 0.598. The molecule has 2 heterocycles. The van der Waals surface area contributed by atoms with Crippen LogP contribution in [0.5, 0.6) is 0 Å². The van der Waals surface area contributed by atoms with Crippen LogP contribution in [0.2, 0.25) is 0 Å². The van der Waals surface area contributed by atoms with Gasteiger partial charge < -0.3 is 5.11 Å². The van der Waals surface area contributed by atoms with E-state index in [0.29, 0.717) is 28.8 Å². The first-order valence-corrected chi connectivity index (χ1v) is 8.54. The van der Waals surface area contributed by atoms with Gasteiger partial charge in [-0.1, -0.05) is 6.92 Å². The van der Waals surface area contributed by atoms with Gasteiger partial charge in [0.2, 0.25) is 10.0 Å². The van der Waals surface area contributed by atoms with Crippen LogP contribution in [0.3, 0.4) is 0 Å². The van der Waals surface area contributed by atoms with Crippen LogP contribution < -0.4 is 0 Å². The minimum absolute atomic E-state index is 0.1000. The molecule has 1 N–H and O–H groups in total. The van der Waals surface area contributed by atoms with E-state index in [2.05, 4.69) is 6.92 Å². The maximum atomic E-state index is 12.4. The van der Waals surface area contributed by atoms with Crippen molar-refractivity contribution in [2.75, 3.05) is 13.1 Å². The van der Waals surface area contributed by atoms with Crippen molar-refractivity contribution in [1.29, 1.82) is 0 Å². The summed E-state index contributed by atoms with van der Waals surface area (Å²) < 4.78 is 26.4. The molecule has 1 unspecified atom stereocenters. The molecule has 1 aromatic heterocycles. The van der Waals surface area contributed by atoms with Crippen LogP contribution in [0.15, 0.2) is 16.3 Å². The van der Waals surface area contributed by atoms with Crippen molar-refractivity contribution < 1.29 is 13.5 Å². The molecule has 18 heavy (non-hydrogen) atoms. The summed E-state index contributed by atoms with van der Waals surface area (Å²) >= 11 is 1.29. The van der Waals surface area contributed by atoms with Gasteiger partial charge in [-0.05, 0) is 31.2 Å². The standard InChI is InChI=1S/C12H19NO3S2/c1-10-3-2-5-13(6-4-10)18(15,16)12-7-11(8-14)17-9-12/h7,9-10,14H,2-6,8H2,1H3. The van der Waals surface area contributed by atoms with E-state index in [1.807, 2.05) is 0 Å². The second kappa shape index (κ2) is 5.69. The summed E-state index contributed by atoms with van der Waals surface area (Å²) in [7, 11) is -3.37. The molecule has 0 aliphatic carbocycles. The largest absolute Gasteiger partial charge is 0.391 e. The highest BCUT2D eigenvalue weighted by Gasteiger charge is 2.27. The van der Waals surface area contributed by atoms with E-state index in [1.165, 1.54) is 11.3 Å². The van der Waals surface area contributed by atoms with Crippen molar-refractivity contribution in [3.63, 3.8) is 0 Å². The average molecular weight is 289 g/mol. The van der Waals surface area contributed by atoms with Crippen LogP contribution in [0.4, 0.5) is 0 Å². The molecule has 2 rings (SSSR count). The third-order valence-electron chi connectivity index (χ3n) is 3.40. The van der Waals surface area contributed by atoms with Gasteiger partial charge in [-0.2, -0.15) is 4.31 Å². The van der Waals surface area contributed by atoms with Crippen LogP contribution in [0, 0.1) is 5.92 Å². The minimum Gasteiger partial charge on any atom is -0.391 e. The smallest absolute Gasteiger partial charge is 0.243 e. The summed E-state index contributed by atoms with van der Waals surface area (Å²) in [5, 5.41) is 10.6. The molecule has 1 aliphatic rings. The van der Waals surface area contributed by atoms with E-state index in [9.17, 15) is 8.42 Å². The van der Waals surface area contributed by atoms with Gasteiger partial charge in [0, 0.05) is 23.3 Å². The van der Waals surface area contributed by atoms with E-state index in [1.54, 1.807) is 15.8 Å². The van der Waals surface area contributed by atoms with Crippen molar-refractivity contribution >= 4 is 21.4 Å². The number of hydrogen-bond donors (Lipinski definition) is 1. The molecule has 1 aromatic rings. The Morgan fingerprint density at radius 1 is 1.44 bits per heavy atom. The molecule has 1 saturated heterocycles. The number of aliphatic hydroxyl groups is 1. The zero-order valence-electron chi connectivity index (χ0n) is 10.5. The average Bonchev–Trinajstić information content (AvgIpc) is 2.72. The maximum absolute atomic E-state index is 12.4. The Morgan fingerprint density at radius 2 is 2.22 bits per heavy atom. The van der Waals surface area contributed by atoms with E-state index in [-0.39, 0.29) is 6.61 Å². The van der Waals surface area contributed by atoms with Crippen LogP contribution in [-0.4, -0.2) is 30.9 Å². The Hall–Kier alpha value is -0.430. The van der Waals surface area contributed by atoms with Gasteiger partial charge >= 0.3 is 0 Å². The topological polar surface area (TPSA) is 57.6 Å².